The number of carboxylic acid groups (broad SMARTS) is 1. The van der Waals surface area contributed by atoms with E-state index >= 15 is 0 Å². The van der Waals surface area contributed by atoms with E-state index in [9.17, 15) is 18.0 Å². The van der Waals surface area contributed by atoms with Gasteiger partial charge in [0, 0.05) is 7.11 Å². The number of carbonyl (C=O) groups is 2. The molecule has 0 aromatic rings. The normalized spacial score (nSPS) is 12.8. The van der Waals surface area contributed by atoms with Gasteiger partial charge in [0.25, 0.3) is 0 Å². The van der Waals surface area contributed by atoms with Crippen molar-refractivity contribution in [1.29, 1.82) is 0 Å². The van der Waals surface area contributed by atoms with Crippen LogP contribution in [-0.2, 0) is 24.5 Å². The third-order valence-electron chi connectivity index (χ3n) is 1.42. The molecule has 0 bridgehead atoms. The number of rotatable bonds is 7. The van der Waals surface area contributed by atoms with Crippen molar-refractivity contribution in [2.24, 2.45) is 0 Å². The largest absolute Gasteiger partial charge is 0.480 e. The Bertz CT molecular complexity index is 366. The topological polar surface area (TPSA) is 131 Å². The lowest BCUT2D eigenvalue weighted by Gasteiger charge is -2.13. The monoisotopic (exact) mass is 270 g/mol. The molecule has 10 heteroatoms. The third-order valence-corrected chi connectivity index (χ3v) is 2.45. The molecule has 0 fully saturated rings. The highest BCUT2D eigenvalue weighted by Gasteiger charge is 2.25. The van der Waals surface area contributed by atoms with Crippen molar-refractivity contribution in [1.82, 2.24) is 9.44 Å². The molecule has 0 aliphatic heterocycles. The first kappa shape index (κ1) is 15.6. The number of hydrogen-bond acceptors (Lipinski definition) is 6. The van der Waals surface area contributed by atoms with Crippen molar-refractivity contribution in [2.75, 3.05) is 20.3 Å². The summed E-state index contributed by atoms with van der Waals surface area (Å²) in [6.45, 7) is 1.10. The molecule has 0 aromatic heterocycles. The predicted octanol–water partition coefficient (Wildman–Crippen LogP) is -1.33. The average molecular weight is 270 g/mol. The van der Waals surface area contributed by atoms with Gasteiger partial charge in [0.05, 0.1) is 13.2 Å². The van der Waals surface area contributed by atoms with Gasteiger partial charge in [-0.2, -0.15) is 13.1 Å². The van der Waals surface area contributed by atoms with E-state index in [0.29, 0.717) is 0 Å². The van der Waals surface area contributed by atoms with E-state index < -0.39 is 28.3 Å². The first-order valence-corrected chi connectivity index (χ1v) is 5.99. The highest BCUT2D eigenvalue weighted by molar-refractivity contribution is 7.88. The Morgan fingerprint density at radius 3 is 2.41 bits per heavy atom. The summed E-state index contributed by atoms with van der Waals surface area (Å²) in [6, 6.07) is -1.49. The quantitative estimate of drug-likeness (QED) is 0.522. The maximum absolute atomic E-state index is 11.3. The van der Waals surface area contributed by atoms with Crippen molar-refractivity contribution < 1.29 is 32.6 Å². The Kier molecular flexibility index (Phi) is 6.46. The average Bonchev–Trinajstić information content (AvgIpc) is 2.15. The molecule has 100 valence electrons. The zero-order chi connectivity index (χ0) is 13.5. The van der Waals surface area contributed by atoms with E-state index in [1.165, 1.54) is 18.8 Å². The third kappa shape index (κ3) is 6.71. The Labute approximate surface area is 98.3 Å². The van der Waals surface area contributed by atoms with Crippen molar-refractivity contribution in [3.8, 4) is 0 Å². The molecule has 0 saturated heterocycles. The van der Waals surface area contributed by atoms with Gasteiger partial charge in [0.1, 0.15) is 6.04 Å². The van der Waals surface area contributed by atoms with Gasteiger partial charge in [0.15, 0.2) is 0 Å². The first-order chi connectivity index (χ1) is 7.82. The van der Waals surface area contributed by atoms with Crippen LogP contribution in [0.2, 0.25) is 0 Å². The minimum atomic E-state index is -4.30. The van der Waals surface area contributed by atoms with Crippen LogP contribution in [0, 0.1) is 0 Å². The van der Waals surface area contributed by atoms with Gasteiger partial charge in [-0.15, -0.1) is 0 Å². The first-order valence-electron chi connectivity index (χ1n) is 4.51. The number of ether oxygens (including phenoxy) is 2. The molecule has 0 aromatic carbocycles. The summed E-state index contributed by atoms with van der Waals surface area (Å²) < 4.78 is 34.6. The number of methoxy groups -OCH3 is 1. The zero-order valence-electron chi connectivity index (χ0n) is 9.30. The summed E-state index contributed by atoms with van der Waals surface area (Å²) in [5, 5.41) is 8.65. The molecule has 1 atom stereocenters. The highest BCUT2D eigenvalue weighted by atomic mass is 32.2. The van der Waals surface area contributed by atoms with Crippen molar-refractivity contribution in [3.63, 3.8) is 0 Å². The van der Waals surface area contributed by atoms with Crippen LogP contribution >= 0.6 is 0 Å². The van der Waals surface area contributed by atoms with Crippen molar-refractivity contribution >= 4 is 22.3 Å². The standard InChI is InChI=1S/C7H14N2O7S/c1-3-16-7(12)9-17(13,14)8-5(4-15-2)6(10)11/h5,8H,3-4H2,1-2H3,(H,9,12)(H,10,11). The minimum Gasteiger partial charge on any atom is -0.480 e. The molecule has 17 heavy (non-hydrogen) atoms. The SMILES string of the molecule is CCOC(=O)NS(=O)(=O)NC(COC)C(=O)O. The summed E-state index contributed by atoms with van der Waals surface area (Å²) in [7, 11) is -3.09. The molecule has 0 saturated carbocycles. The lowest BCUT2D eigenvalue weighted by molar-refractivity contribution is -0.140. The minimum absolute atomic E-state index is 0.0121. The molecular weight excluding hydrogens is 256 g/mol. The smallest absolute Gasteiger partial charge is 0.421 e. The molecule has 0 spiro atoms. The molecular formula is C7H14N2O7S. The summed E-state index contributed by atoms with van der Waals surface area (Å²) >= 11 is 0. The van der Waals surface area contributed by atoms with Gasteiger partial charge in [-0.1, -0.05) is 0 Å². The zero-order valence-corrected chi connectivity index (χ0v) is 10.1. The van der Waals surface area contributed by atoms with Crippen LogP contribution in [0.15, 0.2) is 0 Å². The van der Waals surface area contributed by atoms with E-state index in [-0.39, 0.29) is 13.2 Å². The van der Waals surface area contributed by atoms with Crippen LogP contribution in [0.25, 0.3) is 0 Å². The van der Waals surface area contributed by atoms with Crippen LogP contribution in [0.5, 0.6) is 0 Å². The molecule has 0 heterocycles. The molecule has 0 aliphatic carbocycles. The number of carbonyl (C=O) groups excluding carboxylic acids is 1. The van der Waals surface area contributed by atoms with Gasteiger partial charge in [-0.3, -0.25) is 4.79 Å². The van der Waals surface area contributed by atoms with Crippen LogP contribution in [0.1, 0.15) is 6.92 Å². The van der Waals surface area contributed by atoms with Crippen LogP contribution in [0.4, 0.5) is 4.79 Å². The van der Waals surface area contributed by atoms with Crippen LogP contribution in [-0.4, -0.2) is 52.0 Å². The van der Waals surface area contributed by atoms with Crippen molar-refractivity contribution in [2.45, 2.75) is 13.0 Å². The molecule has 3 N–H and O–H groups in total. The fourth-order valence-electron chi connectivity index (χ4n) is 0.809. The van der Waals surface area contributed by atoms with Crippen LogP contribution in [0.3, 0.4) is 0 Å². The van der Waals surface area contributed by atoms with Crippen LogP contribution < -0.4 is 9.44 Å². The van der Waals surface area contributed by atoms with Gasteiger partial charge >= 0.3 is 22.3 Å². The van der Waals surface area contributed by atoms with E-state index in [1.54, 1.807) is 4.72 Å². The number of hydrogen-bond donors (Lipinski definition) is 3. The second-order valence-electron chi connectivity index (χ2n) is 2.79. The number of aliphatic carboxylic acids is 1. The summed E-state index contributed by atoms with van der Waals surface area (Å²) in [4.78, 5) is 21.5. The lowest BCUT2D eigenvalue weighted by atomic mass is 10.3. The van der Waals surface area contributed by atoms with E-state index in [1.807, 2.05) is 0 Å². The Morgan fingerprint density at radius 2 is 2.00 bits per heavy atom. The molecule has 0 aliphatic rings. The van der Waals surface area contributed by atoms with E-state index in [4.69, 9.17) is 5.11 Å². The summed E-state index contributed by atoms with van der Waals surface area (Å²) in [5.41, 5.74) is 0. The van der Waals surface area contributed by atoms with Gasteiger partial charge in [0.2, 0.25) is 0 Å². The predicted molar refractivity (Wildman–Crippen MR) is 55.5 cm³/mol. The fourth-order valence-corrected chi connectivity index (χ4v) is 1.69. The number of nitrogens with one attached hydrogen (secondary N) is 2. The molecule has 1 amide bonds. The summed E-state index contributed by atoms with van der Waals surface area (Å²) in [6.07, 6.45) is -1.19. The second-order valence-corrected chi connectivity index (χ2v) is 4.24. The van der Waals surface area contributed by atoms with Gasteiger partial charge in [-0.25, -0.2) is 9.52 Å². The summed E-state index contributed by atoms with van der Waals surface area (Å²) in [5.74, 6) is -1.43. The molecule has 0 rings (SSSR count). The fraction of sp³-hybridized carbons (Fsp3) is 0.714. The molecule has 9 nitrogen and oxygen atoms in total. The number of carboxylic acids is 1. The number of amides is 1. The Morgan fingerprint density at radius 1 is 1.41 bits per heavy atom. The lowest BCUT2D eigenvalue weighted by Crippen LogP contribution is -2.50. The van der Waals surface area contributed by atoms with Gasteiger partial charge in [-0.05, 0) is 6.92 Å². The second kappa shape index (κ2) is 7.04. The van der Waals surface area contributed by atoms with Crippen molar-refractivity contribution in [3.05, 3.63) is 0 Å². The maximum Gasteiger partial charge on any atom is 0.421 e. The molecule has 0 radical (unpaired) electrons. The van der Waals surface area contributed by atoms with E-state index in [2.05, 4.69) is 9.47 Å². The van der Waals surface area contributed by atoms with Gasteiger partial charge < -0.3 is 14.6 Å². The molecule has 1 unspecified atom stereocenters. The van der Waals surface area contributed by atoms with E-state index in [0.717, 1.165) is 0 Å². The highest BCUT2D eigenvalue weighted by Crippen LogP contribution is 1.90. The maximum atomic E-state index is 11.3. The Balaban J connectivity index is 4.50. The Hall–Kier alpha value is -1.39.